The second-order valence-corrected chi connectivity index (χ2v) is 7.88. The fraction of sp³-hybridized carbons (Fsp3) is 0.148. The van der Waals surface area contributed by atoms with Crippen molar-refractivity contribution in [3.05, 3.63) is 108 Å². The first-order valence-electron chi connectivity index (χ1n) is 11.1. The van der Waals surface area contributed by atoms with E-state index < -0.39 is 0 Å². The summed E-state index contributed by atoms with van der Waals surface area (Å²) < 4.78 is 3.96. The van der Waals surface area contributed by atoms with Crippen molar-refractivity contribution in [3.8, 4) is 11.3 Å². The van der Waals surface area contributed by atoms with E-state index in [1.165, 1.54) is 0 Å². The van der Waals surface area contributed by atoms with Crippen LogP contribution in [0.5, 0.6) is 0 Å². The number of nitrogens with one attached hydrogen (secondary N) is 1. The monoisotopic (exact) mass is 435 g/mol. The summed E-state index contributed by atoms with van der Waals surface area (Å²) in [4.78, 5) is 18.0. The van der Waals surface area contributed by atoms with E-state index in [4.69, 9.17) is 10.1 Å². The Bertz CT molecular complexity index is 1390. The molecule has 164 valence electrons. The van der Waals surface area contributed by atoms with Crippen molar-refractivity contribution in [1.29, 1.82) is 0 Å². The molecule has 0 radical (unpaired) electrons. The number of carbonyl (C=O) groups is 1. The van der Waals surface area contributed by atoms with E-state index in [9.17, 15) is 4.79 Å². The number of hydrogen-bond donors (Lipinski definition) is 1. The number of carbonyl (C=O) groups excluding carboxylic acids is 1. The summed E-state index contributed by atoms with van der Waals surface area (Å²) in [7, 11) is 0. The number of aryl methyl sites for hydroxylation is 1. The van der Waals surface area contributed by atoms with Crippen LogP contribution in [0.1, 0.15) is 28.7 Å². The smallest absolute Gasteiger partial charge is 0.255 e. The quantitative estimate of drug-likeness (QED) is 0.396. The Kier molecular flexibility index (Phi) is 5.72. The first-order valence-corrected chi connectivity index (χ1v) is 11.1. The largest absolute Gasteiger partial charge is 0.345 e. The maximum Gasteiger partial charge on any atom is 0.255 e. The van der Waals surface area contributed by atoms with Crippen LogP contribution < -0.4 is 5.32 Å². The molecule has 0 saturated carbocycles. The number of nitrogens with zero attached hydrogens (tertiary/aromatic N) is 4. The fourth-order valence-electron chi connectivity index (χ4n) is 4.12. The lowest BCUT2D eigenvalue weighted by Crippen LogP contribution is -2.25. The van der Waals surface area contributed by atoms with Crippen LogP contribution in [-0.4, -0.2) is 25.2 Å². The fourth-order valence-corrected chi connectivity index (χ4v) is 4.12. The molecule has 2 aromatic heterocycles. The van der Waals surface area contributed by atoms with Crippen LogP contribution >= 0.6 is 0 Å². The lowest BCUT2D eigenvalue weighted by atomic mass is 10.1. The Morgan fingerprint density at radius 3 is 2.36 bits per heavy atom. The van der Waals surface area contributed by atoms with Gasteiger partial charge in [-0.15, -0.1) is 0 Å². The van der Waals surface area contributed by atoms with Crippen LogP contribution in [0.25, 0.3) is 22.3 Å². The van der Waals surface area contributed by atoms with Crippen molar-refractivity contribution in [3.63, 3.8) is 0 Å². The van der Waals surface area contributed by atoms with Gasteiger partial charge < -0.3 is 9.88 Å². The summed E-state index contributed by atoms with van der Waals surface area (Å²) in [5, 5.41) is 7.82. The highest BCUT2D eigenvalue weighted by Crippen LogP contribution is 2.23. The molecule has 0 bridgehead atoms. The summed E-state index contributed by atoms with van der Waals surface area (Å²) in [6, 6.07) is 28.0. The lowest BCUT2D eigenvalue weighted by Gasteiger charge is -2.08. The van der Waals surface area contributed by atoms with Gasteiger partial charge in [-0.1, -0.05) is 72.8 Å². The third-order valence-electron chi connectivity index (χ3n) is 5.70. The molecular weight excluding hydrogens is 410 g/mol. The second-order valence-electron chi connectivity index (χ2n) is 7.88. The minimum absolute atomic E-state index is 0.164. The van der Waals surface area contributed by atoms with E-state index in [1.54, 1.807) is 0 Å². The molecular formula is C27H25N5O. The van der Waals surface area contributed by atoms with Crippen LogP contribution in [0, 0.1) is 0 Å². The highest BCUT2D eigenvalue weighted by atomic mass is 16.1. The standard InChI is InChI=1S/C27H25N5O/c1-2-32-24-16-10-9-15-23(24)29-25(32)17-28-27(33)22-19-31(18-20-11-5-3-6-12-20)30-26(22)21-13-7-4-8-14-21/h3-16,19H,2,17-18H2,1H3,(H,28,33). The Morgan fingerprint density at radius 2 is 1.61 bits per heavy atom. The molecule has 0 spiro atoms. The molecule has 0 unspecified atom stereocenters. The summed E-state index contributed by atoms with van der Waals surface area (Å²) in [6.45, 7) is 3.82. The van der Waals surface area contributed by atoms with Gasteiger partial charge in [-0.3, -0.25) is 9.48 Å². The van der Waals surface area contributed by atoms with Crippen molar-refractivity contribution >= 4 is 16.9 Å². The van der Waals surface area contributed by atoms with Gasteiger partial charge in [0.25, 0.3) is 5.91 Å². The van der Waals surface area contributed by atoms with Crippen LogP contribution in [0.2, 0.25) is 0 Å². The van der Waals surface area contributed by atoms with E-state index in [0.717, 1.165) is 34.5 Å². The molecule has 2 heterocycles. The summed E-state index contributed by atoms with van der Waals surface area (Å²) >= 11 is 0. The maximum absolute atomic E-state index is 13.3. The molecule has 5 rings (SSSR count). The van der Waals surface area contributed by atoms with Crippen LogP contribution in [0.4, 0.5) is 0 Å². The number of fused-ring (bicyclic) bond motifs is 1. The van der Waals surface area contributed by atoms with Gasteiger partial charge >= 0.3 is 0 Å². The minimum atomic E-state index is -0.164. The predicted molar refractivity (Wildman–Crippen MR) is 130 cm³/mol. The molecule has 0 aliphatic heterocycles. The third kappa shape index (κ3) is 4.28. The molecule has 1 amide bonds. The molecule has 0 atom stereocenters. The van der Waals surface area contributed by atoms with Gasteiger partial charge in [-0.2, -0.15) is 5.10 Å². The van der Waals surface area contributed by atoms with Gasteiger partial charge in [0.15, 0.2) is 0 Å². The molecule has 33 heavy (non-hydrogen) atoms. The van der Waals surface area contributed by atoms with E-state index in [1.807, 2.05) is 77.6 Å². The topological polar surface area (TPSA) is 64.7 Å². The Labute approximate surface area is 192 Å². The van der Waals surface area contributed by atoms with E-state index >= 15 is 0 Å². The number of hydrogen-bond acceptors (Lipinski definition) is 3. The highest BCUT2D eigenvalue weighted by Gasteiger charge is 2.19. The van der Waals surface area contributed by atoms with E-state index in [0.29, 0.717) is 24.3 Å². The summed E-state index contributed by atoms with van der Waals surface area (Å²) in [6.07, 6.45) is 1.83. The molecule has 6 nitrogen and oxygen atoms in total. The molecule has 5 aromatic rings. The number of benzene rings is 3. The lowest BCUT2D eigenvalue weighted by molar-refractivity contribution is 0.0950. The van der Waals surface area contributed by atoms with Crippen molar-refractivity contribution in [1.82, 2.24) is 24.6 Å². The van der Waals surface area contributed by atoms with Gasteiger partial charge in [0, 0.05) is 18.3 Å². The van der Waals surface area contributed by atoms with E-state index in [2.05, 4.69) is 35.0 Å². The normalized spacial score (nSPS) is 11.1. The third-order valence-corrected chi connectivity index (χ3v) is 5.70. The van der Waals surface area contributed by atoms with E-state index in [-0.39, 0.29) is 5.91 Å². The maximum atomic E-state index is 13.3. The average molecular weight is 436 g/mol. The zero-order valence-corrected chi connectivity index (χ0v) is 18.5. The number of para-hydroxylation sites is 2. The van der Waals surface area contributed by atoms with Crippen LogP contribution in [0.3, 0.4) is 0 Å². The molecule has 1 N–H and O–H groups in total. The number of imidazole rings is 1. The minimum Gasteiger partial charge on any atom is -0.345 e. The average Bonchev–Trinajstić information content (AvgIpc) is 3.45. The summed E-state index contributed by atoms with van der Waals surface area (Å²) in [5.41, 5.74) is 5.27. The van der Waals surface area contributed by atoms with Crippen molar-refractivity contribution in [2.45, 2.75) is 26.6 Å². The zero-order chi connectivity index (χ0) is 22.6. The van der Waals surface area contributed by atoms with Gasteiger partial charge in [0.2, 0.25) is 0 Å². The number of aromatic nitrogens is 4. The molecule has 0 saturated heterocycles. The second kappa shape index (κ2) is 9.12. The molecule has 0 aliphatic rings. The molecule has 3 aromatic carbocycles. The first kappa shape index (κ1) is 20.7. The van der Waals surface area contributed by atoms with Crippen molar-refractivity contribution in [2.75, 3.05) is 0 Å². The summed E-state index contributed by atoms with van der Waals surface area (Å²) in [5.74, 6) is 0.674. The predicted octanol–water partition coefficient (Wildman–Crippen LogP) is 4.90. The molecule has 6 heteroatoms. The van der Waals surface area contributed by atoms with Crippen LogP contribution in [-0.2, 0) is 19.6 Å². The van der Waals surface area contributed by atoms with Gasteiger partial charge in [0.05, 0.1) is 29.7 Å². The molecule has 0 aliphatic carbocycles. The zero-order valence-electron chi connectivity index (χ0n) is 18.5. The van der Waals surface area contributed by atoms with Gasteiger partial charge in [0.1, 0.15) is 11.5 Å². The molecule has 0 fully saturated rings. The Morgan fingerprint density at radius 1 is 0.909 bits per heavy atom. The first-order chi connectivity index (χ1) is 16.2. The van der Waals surface area contributed by atoms with Gasteiger partial charge in [-0.25, -0.2) is 4.98 Å². The number of amides is 1. The van der Waals surface area contributed by atoms with Crippen molar-refractivity contribution < 1.29 is 4.79 Å². The van der Waals surface area contributed by atoms with Crippen LogP contribution in [0.15, 0.2) is 91.1 Å². The van der Waals surface area contributed by atoms with Gasteiger partial charge in [-0.05, 0) is 24.6 Å². The van der Waals surface area contributed by atoms with Crippen molar-refractivity contribution in [2.24, 2.45) is 0 Å². The Balaban J connectivity index is 1.43. The SMILES string of the molecule is CCn1c(CNC(=O)c2cn(Cc3ccccc3)nc2-c2ccccc2)nc2ccccc21. The number of rotatable bonds is 7. The Hall–Kier alpha value is -4.19. The highest BCUT2D eigenvalue weighted by molar-refractivity contribution is 5.99.